The number of hydrogen-bond donors (Lipinski definition) is 0. The van der Waals surface area contributed by atoms with Gasteiger partial charge in [-0.3, -0.25) is 9.69 Å². The van der Waals surface area contributed by atoms with E-state index in [9.17, 15) is 9.18 Å². The summed E-state index contributed by atoms with van der Waals surface area (Å²) < 4.78 is 13.4. The average molecular weight is 286 g/mol. The molecule has 106 valence electrons. The predicted molar refractivity (Wildman–Crippen MR) is 77.1 cm³/mol. The molecule has 0 aliphatic rings. The van der Waals surface area contributed by atoms with E-state index in [2.05, 4.69) is 4.90 Å². The van der Waals surface area contributed by atoms with Crippen LogP contribution in [-0.2, 0) is 11.2 Å². The van der Waals surface area contributed by atoms with Crippen LogP contribution in [0.5, 0.6) is 0 Å². The van der Waals surface area contributed by atoms with Crippen molar-refractivity contribution in [3.05, 3.63) is 34.6 Å². The molecule has 0 aliphatic heterocycles. The summed E-state index contributed by atoms with van der Waals surface area (Å²) in [5, 5.41) is 0.0826. The number of carbonyl (C=O) groups is 1. The molecular weight excluding hydrogens is 265 g/mol. The summed E-state index contributed by atoms with van der Waals surface area (Å²) in [5.41, 5.74) is 0.117. The van der Waals surface area contributed by atoms with Gasteiger partial charge in [-0.1, -0.05) is 31.5 Å². The van der Waals surface area contributed by atoms with E-state index in [1.807, 2.05) is 27.7 Å². The Labute approximate surface area is 119 Å². The number of Topliss-reactive ketones (excluding diaryl/α,β-unsaturated/α-hetero) is 1. The Balaban J connectivity index is 2.86. The third-order valence-electron chi connectivity index (χ3n) is 3.59. The molecule has 0 spiro atoms. The van der Waals surface area contributed by atoms with Gasteiger partial charge in [-0.2, -0.15) is 0 Å². The number of nitrogens with zero attached hydrogens (tertiary/aromatic N) is 1. The highest BCUT2D eigenvalue weighted by Crippen LogP contribution is 2.20. The molecule has 0 atom stereocenters. The molecule has 1 aromatic rings. The highest BCUT2D eigenvalue weighted by atomic mass is 35.5. The summed E-state index contributed by atoms with van der Waals surface area (Å²) in [7, 11) is 0. The summed E-state index contributed by atoms with van der Waals surface area (Å²) in [6, 6.07) is 4.52. The number of benzene rings is 1. The minimum atomic E-state index is -0.542. The van der Waals surface area contributed by atoms with Crippen molar-refractivity contribution in [1.29, 1.82) is 0 Å². The molecule has 0 aromatic heterocycles. The molecule has 0 radical (unpaired) electrons. The normalized spacial score (nSPS) is 11.9. The van der Waals surface area contributed by atoms with Crippen molar-refractivity contribution in [3.63, 3.8) is 0 Å². The second kappa shape index (κ2) is 6.49. The van der Waals surface area contributed by atoms with E-state index in [1.165, 1.54) is 12.1 Å². The van der Waals surface area contributed by atoms with Gasteiger partial charge in [0.25, 0.3) is 0 Å². The highest BCUT2D eigenvalue weighted by Gasteiger charge is 2.32. The minimum Gasteiger partial charge on any atom is -0.297 e. The molecular formula is C15H21ClFNO. The Morgan fingerprint density at radius 3 is 2.37 bits per heavy atom. The maximum Gasteiger partial charge on any atom is 0.156 e. The first kappa shape index (κ1) is 16.1. The van der Waals surface area contributed by atoms with Crippen LogP contribution in [0.1, 0.15) is 33.3 Å². The largest absolute Gasteiger partial charge is 0.297 e. The van der Waals surface area contributed by atoms with Crippen LogP contribution in [0.25, 0.3) is 0 Å². The second-order valence-electron chi connectivity index (χ2n) is 5.08. The van der Waals surface area contributed by atoms with Crippen molar-refractivity contribution < 1.29 is 9.18 Å². The first-order valence-electron chi connectivity index (χ1n) is 6.55. The third-order valence-corrected chi connectivity index (χ3v) is 3.89. The van der Waals surface area contributed by atoms with Crippen molar-refractivity contribution in [3.8, 4) is 0 Å². The van der Waals surface area contributed by atoms with E-state index in [0.717, 1.165) is 13.1 Å². The fourth-order valence-corrected chi connectivity index (χ4v) is 2.36. The number of likely N-dealkylation sites (N-methyl/N-ethyl adjacent to an activating group) is 1. The number of ketones is 1. The Morgan fingerprint density at radius 1 is 1.32 bits per heavy atom. The van der Waals surface area contributed by atoms with Gasteiger partial charge in [-0.15, -0.1) is 0 Å². The summed E-state index contributed by atoms with van der Waals surface area (Å²) in [6.07, 6.45) is 0.220. The van der Waals surface area contributed by atoms with Crippen molar-refractivity contribution in [2.75, 3.05) is 13.1 Å². The fourth-order valence-electron chi connectivity index (χ4n) is 2.24. The number of carbonyl (C=O) groups excluding carboxylic acids is 1. The van der Waals surface area contributed by atoms with Gasteiger partial charge in [0.15, 0.2) is 5.78 Å². The lowest BCUT2D eigenvalue weighted by Gasteiger charge is -2.35. The molecule has 1 aromatic carbocycles. The lowest BCUT2D eigenvalue weighted by molar-refractivity contribution is -0.128. The topological polar surface area (TPSA) is 20.3 Å². The van der Waals surface area contributed by atoms with E-state index in [0.29, 0.717) is 5.56 Å². The van der Waals surface area contributed by atoms with Gasteiger partial charge in [-0.05, 0) is 44.6 Å². The third kappa shape index (κ3) is 3.77. The molecule has 1 rings (SSSR count). The molecule has 0 saturated carbocycles. The lowest BCUT2D eigenvalue weighted by Crippen LogP contribution is -2.50. The zero-order valence-electron chi connectivity index (χ0n) is 12.0. The van der Waals surface area contributed by atoms with Crippen LogP contribution < -0.4 is 0 Å². The van der Waals surface area contributed by atoms with Crippen LogP contribution in [0.3, 0.4) is 0 Å². The van der Waals surface area contributed by atoms with Crippen molar-refractivity contribution in [2.24, 2.45) is 0 Å². The van der Waals surface area contributed by atoms with Crippen LogP contribution in [0.2, 0.25) is 5.02 Å². The Morgan fingerprint density at radius 2 is 1.89 bits per heavy atom. The molecule has 0 fully saturated rings. The van der Waals surface area contributed by atoms with Crippen LogP contribution in [0.4, 0.5) is 4.39 Å². The van der Waals surface area contributed by atoms with Crippen LogP contribution in [0.15, 0.2) is 18.2 Å². The standard InChI is InChI=1S/C15H21ClFNO/c1-5-18(6-2)15(3,4)14(19)10-11-7-8-12(16)13(17)9-11/h7-9H,5-6,10H2,1-4H3. The zero-order chi connectivity index (χ0) is 14.6. The van der Waals surface area contributed by atoms with Crippen molar-refractivity contribution in [1.82, 2.24) is 4.90 Å². The summed E-state index contributed by atoms with van der Waals surface area (Å²) in [4.78, 5) is 14.5. The van der Waals surface area contributed by atoms with Crippen molar-refractivity contribution in [2.45, 2.75) is 39.7 Å². The van der Waals surface area contributed by atoms with Gasteiger partial charge < -0.3 is 0 Å². The first-order chi connectivity index (χ1) is 8.82. The summed E-state index contributed by atoms with van der Waals surface area (Å²) in [5.74, 6) is -0.398. The molecule has 2 nitrogen and oxygen atoms in total. The quantitative estimate of drug-likeness (QED) is 0.794. The molecule has 0 saturated heterocycles. The average Bonchev–Trinajstić information content (AvgIpc) is 2.35. The molecule has 4 heteroatoms. The monoisotopic (exact) mass is 285 g/mol. The molecule has 19 heavy (non-hydrogen) atoms. The molecule has 0 bridgehead atoms. The van der Waals surface area contributed by atoms with Crippen LogP contribution >= 0.6 is 11.6 Å². The Kier molecular flexibility index (Phi) is 5.50. The van der Waals surface area contributed by atoms with E-state index < -0.39 is 11.4 Å². The first-order valence-corrected chi connectivity index (χ1v) is 6.93. The van der Waals surface area contributed by atoms with Gasteiger partial charge >= 0.3 is 0 Å². The van der Waals surface area contributed by atoms with Crippen LogP contribution in [0, 0.1) is 5.82 Å². The molecule has 0 aliphatic carbocycles. The van der Waals surface area contributed by atoms with E-state index >= 15 is 0 Å². The van der Waals surface area contributed by atoms with Crippen molar-refractivity contribution >= 4 is 17.4 Å². The lowest BCUT2D eigenvalue weighted by atomic mass is 9.91. The maximum atomic E-state index is 13.4. The summed E-state index contributed by atoms with van der Waals surface area (Å²) >= 11 is 5.63. The van der Waals surface area contributed by atoms with Gasteiger partial charge in [0.05, 0.1) is 10.6 Å². The molecule has 0 heterocycles. The van der Waals surface area contributed by atoms with Gasteiger partial charge in [0, 0.05) is 6.42 Å². The highest BCUT2D eigenvalue weighted by molar-refractivity contribution is 6.30. The molecule has 0 amide bonds. The Hall–Kier alpha value is -0.930. The van der Waals surface area contributed by atoms with E-state index in [4.69, 9.17) is 11.6 Å². The smallest absolute Gasteiger partial charge is 0.156 e. The van der Waals surface area contributed by atoms with E-state index in [-0.39, 0.29) is 17.2 Å². The molecule has 0 unspecified atom stereocenters. The van der Waals surface area contributed by atoms with Gasteiger partial charge in [0.2, 0.25) is 0 Å². The number of rotatable bonds is 6. The SMILES string of the molecule is CCN(CC)C(C)(C)C(=O)Cc1ccc(Cl)c(F)c1. The number of hydrogen-bond acceptors (Lipinski definition) is 2. The zero-order valence-corrected chi connectivity index (χ0v) is 12.7. The van der Waals surface area contributed by atoms with E-state index in [1.54, 1.807) is 6.07 Å². The number of halogens is 2. The predicted octanol–water partition coefficient (Wildman–Crippen LogP) is 3.71. The second-order valence-corrected chi connectivity index (χ2v) is 5.49. The fraction of sp³-hybridized carbons (Fsp3) is 0.533. The Bertz CT molecular complexity index is 455. The van der Waals surface area contributed by atoms with Crippen LogP contribution in [-0.4, -0.2) is 29.3 Å². The minimum absolute atomic E-state index is 0.0814. The molecule has 0 N–H and O–H groups in total. The maximum absolute atomic E-state index is 13.4. The van der Waals surface area contributed by atoms with Gasteiger partial charge in [0.1, 0.15) is 5.82 Å². The summed E-state index contributed by atoms with van der Waals surface area (Å²) in [6.45, 7) is 9.50. The van der Waals surface area contributed by atoms with Gasteiger partial charge in [-0.25, -0.2) is 4.39 Å².